The molecule has 0 saturated carbocycles. The van der Waals surface area contributed by atoms with Crippen LogP contribution in [0.3, 0.4) is 0 Å². The zero-order valence-electron chi connectivity index (χ0n) is 15.4. The number of pyridine rings is 1. The van der Waals surface area contributed by atoms with Gasteiger partial charge in [0.25, 0.3) is 5.91 Å². The summed E-state index contributed by atoms with van der Waals surface area (Å²) in [6.45, 7) is 5.85. The number of carbonyl (C=O) groups excluding carboxylic acids is 2. The van der Waals surface area contributed by atoms with Crippen molar-refractivity contribution in [3.8, 4) is 0 Å². The first-order valence-corrected chi connectivity index (χ1v) is 9.01. The SMILES string of the molecule is CC(C)(C)OC(=O)n1cc(C(=O)NC2CCOC[C@@H]2O)c2nccc(Cl)c21. The molecule has 27 heavy (non-hydrogen) atoms. The van der Waals surface area contributed by atoms with Crippen molar-refractivity contribution in [1.29, 1.82) is 0 Å². The van der Waals surface area contributed by atoms with Crippen molar-refractivity contribution in [3.05, 3.63) is 29.0 Å². The molecule has 0 aromatic carbocycles. The predicted molar refractivity (Wildman–Crippen MR) is 99.1 cm³/mol. The zero-order valence-corrected chi connectivity index (χ0v) is 16.1. The van der Waals surface area contributed by atoms with Gasteiger partial charge in [0.2, 0.25) is 0 Å². The Morgan fingerprint density at radius 1 is 1.44 bits per heavy atom. The smallest absolute Gasteiger partial charge is 0.419 e. The third-order valence-electron chi connectivity index (χ3n) is 4.11. The molecule has 2 N–H and O–H groups in total. The lowest BCUT2D eigenvalue weighted by atomic mass is 10.1. The number of aliphatic hydroxyl groups is 1. The van der Waals surface area contributed by atoms with E-state index < -0.39 is 29.7 Å². The monoisotopic (exact) mass is 395 g/mol. The highest BCUT2D eigenvalue weighted by Crippen LogP contribution is 2.27. The minimum absolute atomic E-state index is 0.161. The number of ether oxygens (including phenoxy) is 2. The normalized spacial score (nSPS) is 20.5. The first-order valence-electron chi connectivity index (χ1n) is 8.63. The molecule has 1 fully saturated rings. The highest BCUT2D eigenvalue weighted by molar-refractivity contribution is 6.35. The van der Waals surface area contributed by atoms with Gasteiger partial charge in [0.15, 0.2) is 0 Å². The summed E-state index contributed by atoms with van der Waals surface area (Å²) in [5, 5.41) is 13.0. The molecule has 1 unspecified atom stereocenters. The number of hydrogen-bond acceptors (Lipinski definition) is 6. The van der Waals surface area contributed by atoms with Gasteiger partial charge in [-0.25, -0.2) is 9.36 Å². The first kappa shape index (κ1) is 19.6. The number of rotatable bonds is 2. The van der Waals surface area contributed by atoms with E-state index in [1.54, 1.807) is 20.8 Å². The van der Waals surface area contributed by atoms with E-state index in [9.17, 15) is 14.7 Å². The van der Waals surface area contributed by atoms with E-state index in [1.807, 2.05) is 0 Å². The predicted octanol–water partition coefficient (Wildman–Crippen LogP) is 2.35. The van der Waals surface area contributed by atoms with Gasteiger partial charge in [-0.05, 0) is 33.3 Å². The lowest BCUT2D eigenvalue weighted by molar-refractivity contribution is -0.0260. The summed E-state index contributed by atoms with van der Waals surface area (Å²) >= 11 is 6.25. The maximum atomic E-state index is 12.8. The molecule has 3 rings (SSSR count). The van der Waals surface area contributed by atoms with Crippen molar-refractivity contribution in [2.75, 3.05) is 13.2 Å². The summed E-state index contributed by atoms with van der Waals surface area (Å²) in [5.74, 6) is -0.456. The molecule has 1 amide bonds. The summed E-state index contributed by atoms with van der Waals surface area (Å²) in [4.78, 5) is 29.6. The van der Waals surface area contributed by atoms with Crippen molar-refractivity contribution in [2.45, 2.75) is 44.9 Å². The van der Waals surface area contributed by atoms with Crippen LogP contribution >= 0.6 is 11.6 Å². The van der Waals surface area contributed by atoms with Crippen molar-refractivity contribution in [3.63, 3.8) is 0 Å². The molecule has 0 radical (unpaired) electrons. The Labute approximate surface area is 161 Å². The van der Waals surface area contributed by atoms with Crippen LogP contribution in [0, 0.1) is 0 Å². The van der Waals surface area contributed by atoms with E-state index in [0.717, 1.165) is 0 Å². The maximum Gasteiger partial charge on any atom is 0.419 e. The fourth-order valence-corrected chi connectivity index (χ4v) is 3.11. The minimum Gasteiger partial charge on any atom is -0.443 e. The molecule has 0 bridgehead atoms. The second-order valence-electron chi connectivity index (χ2n) is 7.39. The second kappa shape index (κ2) is 7.46. The minimum atomic E-state index is -0.793. The van der Waals surface area contributed by atoms with Crippen LogP contribution in [0.2, 0.25) is 5.02 Å². The number of carbonyl (C=O) groups is 2. The molecular formula is C18H22ClN3O5. The summed E-state index contributed by atoms with van der Waals surface area (Å²) < 4.78 is 11.8. The Bertz CT molecular complexity index is 874. The van der Waals surface area contributed by atoms with Gasteiger partial charge in [-0.2, -0.15) is 0 Å². The number of nitrogens with zero attached hydrogens (tertiary/aromatic N) is 2. The Hall–Kier alpha value is -2.16. The molecule has 2 aromatic heterocycles. The number of aromatic nitrogens is 2. The number of fused-ring (bicyclic) bond motifs is 1. The molecule has 8 nitrogen and oxygen atoms in total. The van der Waals surface area contributed by atoms with Crippen LogP contribution < -0.4 is 5.32 Å². The van der Waals surface area contributed by atoms with Gasteiger partial charge in [-0.15, -0.1) is 0 Å². The van der Waals surface area contributed by atoms with Crippen LogP contribution in [-0.4, -0.2) is 57.6 Å². The number of halogens is 1. The van der Waals surface area contributed by atoms with Gasteiger partial charge >= 0.3 is 6.09 Å². The topological polar surface area (TPSA) is 103 Å². The Kier molecular flexibility index (Phi) is 5.41. The van der Waals surface area contributed by atoms with Crippen LogP contribution in [0.5, 0.6) is 0 Å². The number of nitrogens with one attached hydrogen (secondary N) is 1. The number of hydrogen-bond donors (Lipinski definition) is 2. The van der Waals surface area contributed by atoms with Gasteiger partial charge < -0.3 is 19.9 Å². The molecule has 0 spiro atoms. The Balaban J connectivity index is 1.97. The van der Waals surface area contributed by atoms with E-state index in [2.05, 4.69) is 10.3 Å². The summed E-state index contributed by atoms with van der Waals surface area (Å²) in [6.07, 6.45) is 1.86. The molecule has 1 saturated heterocycles. The molecule has 3 heterocycles. The fraction of sp³-hybridized carbons (Fsp3) is 0.500. The summed E-state index contributed by atoms with van der Waals surface area (Å²) in [6, 6.07) is 1.10. The molecule has 1 aliphatic heterocycles. The average Bonchev–Trinajstić information content (AvgIpc) is 2.97. The number of aliphatic hydroxyl groups excluding tert-OH is 1. The Morgan fingerprint density at radius 3 is 2.85 bits per heavy atom. The standard InChI is InChI=1S/C18H22ClN3O5/c1-18(2,3)27-17(25)22-8-10(14-15(22)11(19)4-6-20-14)16(24)21-12-5-7-26-9-13(12)23/h4,6,8,12-13,23H,5,7,9H2,1-3H3,(H,21,24)/t12?,13-/m0/s1. The van der Waals surface area contributed by atoms with Crippen LogP contribution in [0.15, 0.2) is 18.5 Å². The van der Waals surface area contributed by atoms with Gasteiger partial charge in [-0.1, -0.05) is 11.6 Å². The second-order valence-corrected chi connectivity index (χ2v) is 7.80. The largest absolute Gasteiger partial charge is 0.443 e. The molecular weight excluding hydrogens is 374 g/mol. The zero-order chi connectivity index (χ0) is 19.8. The van der Waals surface area contributed by atoms with E-state index >= 15 is 0 Å². The molecule has 2 aromatic rings. The highest BCUT2D eigenvalue weighted by Gasteiger charge is 2.29. The molecule has 9 heteroatoms. The maximum absolute atomic E-state index is 12.8. The van der Waals surface area contributed by atoms with Crippen molar-refractivity contribution < 1.29 is 24.2 Å². The highest BCUT2D eigenvalue weighted by atomic mass is 35.5. The molecule has 146 valence electrons. The number of amides is 1. The van der Waals surface area contributed by atoms with Crippen LogP contribution in [0.4, 0.5) is 4.79 Å². The van der Waals surface area contributed by atoms with Crippen LogP contribution in [0.1, 0.15) is 37.6 Å². The van der Waals surface area contributed by atoms with Crippen molar-refractivity contribution >= 4 is 34.6 Å². The van der Waals surface area contributed by atoms with Crippen molar-refractivity contribution in [2.24, 2.45) is 0 Å². The van der Waals surface area contributed by atoms with E-state index in [-0.39, 0.29) is 22.7 Å². The lowest BCUT2D eigenvalue weighted by Crippen LogP contribution is -2.48. The fourth-order valence-electron chi connectivity index (χ4n) is 2.87. The summed E-state index contributed by atoms with van der Waals surface area (Å²) in [5.41, 5.74) is 0.0485. The van der Waals surface area contributed by atoms with E-state index in [4.69, 9.17) is 21.1 Å². The third kappa shape index (κ3) is 4.23. The quantitative estimate of drug-likeness (QED) is 0.809. The van der Waals surface area contributed by atoms with E-state index in [0.29, 0.717) is 18.5 Å². The third-order valence-corrected chi connectivity index (χ3v) is 4.41. The van der Waals surface area contributed by atoms with Gasteiger partial charge in [0, 0.05) is 19.0 Å². The van der Waals surface area contributed by atoms with Gasteiger partial charge in [-0.3, -0.25) is 9.78 Å². The molecule has 2 atom stereocenters. The first-order chi connectivity index (χ1) is 12.7. The van der Waals surface area contributed by atoms with Crippen molar-refractivity contribution in [1.82, 2.24) is 14.9 Å². The van der Waals surface area contributed by atoms with Crippen LogP contribution in [0.25, 0.3) is 11.0 Å². The molecule has 0 aliphatic carbocycles. The lowest BCUT2D eigenvalue weighted by Gasteiger charge is -2.28. The average molecular weight is 396 g/mol. The Morgan fingerprint density at radius 2 is 2.19 bits per heavy atom. The van der Waals surface area contributed by atoms with Gasteiger partial charge in [0.1, 0.15) is 11.1 Å². The van der Waals surface area contributed by atoms with Gasteiger partial charge in [0.05, 0.1) is 34.9 Å². The van der Waals surface area contributed by atoms with E-state index in [1.165, 1.54) is 23.0 Å². The summed E-state index contributed by atoms with van der Waals surface area (Å²) in [7, 11) is 0. The molecule has 1 aliphatic rings. The van der Waals surface area contributed by atoms with Crippen LogP contribution in [-0.2, 0) is 9.47 Å².